The summed E-state index contributed by atoms with van der Waals surface area (Å²) in [7, 11) is 0. The Labute approximate surface area is 130 Å². The van der Waals surface area contributed by atoms with E-state index in [9.17, 15) is 0 Å². The molecule has 0 spiro atoms. The van der Waals surface area contributed by atoms with Crippen LogP contribution in [-0.4, -0.2) is 9.97 Å². The molecule has 0 N–H and O–H groups in total. The Morgan fingerprint density at radius 2 is 1.89 bits per heavy atom. The van der Waals surface area contributed by atoms with Crippen molar-refractivity contribution in [2.75, 3.05) is 0 Å². The minimum Gasteiger partial charge on any atom is -0.236 e. The van der Waals surface area contributed by atoms with Crippen LogP contribution in [0.1, 0.15) is 17.1 Å². The van der Waals surface area contributed by atoms with E-state index in [-0.39, 0.29) is 0 Å². The number of nitrogens with zero attached hydrogens (tertiary/aromatic N) is 2. The Morgan fingerprint density at radius 1 is 1.11 bits per heavy atom. The fraction of sp³-hybridized carbons (Fsp3) is 0.231. The van der Waals surface area contributed by atoms with Crippen LogP contribution in [0.15, 0.2) is 29.2 Å². The second-order valence-electron chi connectivity index (χ2n) is 4.09. The van der Waals surface area contributed by atoms with Crippen molar-refractivity contribution >= 4 is 46.7 Å². The van der Waals surface area contributed by atoms with Crippen molar-refractivity contribution in [3.05, 3.63) is 51.5 Å². The number of aromatic nitrogens is 2. The number of benzene rings is 1. The molecular formula is C13H10Cl2N2S2. The maximum atomic E-state index is 6.19. The highest BCUT2D eigenvalue weighted by Gasteiger charge is 2.18. The summed E-state index contributed by atoms with van der Waals surface area (Å²) in [6.07, 6.45) is 0. The van der Waals surface area contributed by atoms with Gasteiger partial charge in [0.2, 0.25) is 0 Å². The predicted octanol–water partition coefficient (Wildman–Crippen LogP) is 4.82. The molecule has 6 heteroatoms. The topological polar surface area (TPSA) is 25.8 Å². The highest BCUT2D eigenvalue weighted by Crippen LogP contribution is 2.33. The Hall–Kier alpha value is -0.420. The molecule has 0 fully saturated rings. The molecule has 1 aliphatic heterocycles. The average Bonchev–Trinajstić information content (AvgIpc) is 2.87. The zero-order valence-corrected chi connectivity index (χ0v) is 13.0. The van der Waals surface area contributed by atoms with E-state index in [4.69, 9.17) is 23.2 Å². The molecule has 1 aromatic carbocycles. The van der Waals surface area contributed by atoms with Gasteiger partial charge in [0.15, 0.2) is 0 Å². The minimum atomic E-state index is 0.613. The summed E-state index contributed by atoms with van der Waals surface area (Å²) >= 11 is 15.6. The van der Waals surface area contributed by atoms with Gasteiger partial charge < -0.3 is 0 Å². The normalized spacial score (nSPS) is 13.6. The van der Waals surface area contributed by atoms with Gasteiger partial charge in [-0.3, -0.25) is 0 Å². The van der Waals surface area contributed by atoms with Crippen LogP contribution in [0.2, 0.25) is 10.2 Å². The zero-order chi connectivity index (χ0) is 13.2. The van der Waals surface area contributed by atoms with Crippen LogP contribution >= 0.6 is 46.7 Å². The lowest BCUT2D eigenvalue weighted by atomic mass is 10.3. The summed E-state index contributed by atoms with van der Waals surface area (Å²) in [5.74, 6) is 3.39. The maximum Gasteiger partial charge on any atom is 0.140 e. The van der Waals surface area contributed by atoms with Crippen LogP contribution in [0.4, 0.5) is 0 Å². The van der Waals surface area contributed by atoms with Gasteiger partial charge in [-0.1, -0.05) is 23.2 Å². The van der Waals surface area contributed by atoms with Gasteiger partial charge in [-0.05, 0) is 24.3 Å². The van der Waals surface area contributed by atoms with Crippen LogP contribution in [0, 0.1) is 0 Å². The molecule has 0 bridgehead atoms. The molecule has 0 amide bonds. The number of halogens is 2. The van der Waals surface area contributed by atoms with Crippen molar-refractivity contribution in [1.82, 2.24) is 9.97 Å². The highest BCUT2D eigenvalue weighted by atomic mass is 35.5. The molecule has 0 unspecified atom stereocenters. The van der Waals surface area contributed by atoms with E-state index in [1.807, 2.05) is 36.0 Å². The standard InChI is InChI=1S/C13H10Cl2N2S2/c14-8-1-3-9(4-2-8)19-7-12-16-11-6-18-5-10(11)13(15)17-12/h1-4H,5-7H2. The van der Waals surface area contributed by atoms with E-state index in [0.717, 1.165) is 44.3 Å². The quantitative estimate of drug-likeness (QED) is 0.595. The van der Waals surface area contributed by atoms with E-state index in [1.54, 1.807) is 11.8 Å². The van der Waals surface area contributed by atoms with Crippen molar-refractivity contribution in [1.29, 1.82) is 0 Å². The molecule has 98 valence electrons. The van der Waals surface area contributed by atoms with Gasteiger partial charge in [0.1, 0.15) is 11.0 Å². The molecule has 0 aliphatic carbocycles. The predicted molar refractivity (Wildman–Crippen MR) is 83.1 cm³/mol. The smallest absolute Gasteiger partial charge is 0.140 e. The third kappa shape index (κ3) is 3.19. The summed E-state index contributed by atoms with van der Waals surface area (Å²) < 4.78 is 0. The molecule has 0 saturated carbocycles. The van der Waals surface area contributed by atoms with Crippen molar-refractivity contribution in [2.45, 2.75) is 22.2 Å². The molecule has 0 saturated heterocycles. The Balaban J connectivity index is 1.73. The van der Waals surface area contributed by atoms with Gasteiger partial charge in [0.25, 0.3) is 0 Å². The first kappa shape index (κ1) is 13.6. The van der Waals surface area contributed by atoms with Gasteiger partial charge in [-0.2, -0.15) is 11.8 Å². The van der Waals surface area contributed by atoms with Crippen molar-refractivity contribution in [3.63, 3.8) is 0 Å². The van der Waals surface area contributed by atoms with E-state index in [2.05, 4.69) is 9.97 Å². The van der Waals surface area contributed by atoms with Crippen LogP contribution in [0.25, 0.3) is 0 Å². The molecule has 19 heavy (non-hydrogen) atoms. The SMILES string of the molecule is Clc1ccc(SCc2nc(Cl)c3c(n2)CSC3)cc1. The largest absolute Gasteiger partial charge is 0.236 e. The molecule has 0 atom stereocenters. The molecule has 0 radical (unpaired) electrons. The molecule has 1 aromatic heterocycles. The molecule has 2 aromatic rings. The minimum absolute atomic E-state index is 0.613. The van der Waals surface area contributed by atoms with Crippen LogP contribution in [-0.2, 0) is 17.3 Å². The first-order valence-electron chi connectivity index (χ1n) is 5.72. The Kier molecular flexibility index (Phi) is 4.22. The lowest BCUT2D eigenvalue weighted by Gasteiger charge is -2.05. The van der Waals surface area contributed by atoms with Gasteiger partial charge >= 0.3 is 0 Å². The van der Waals surface area contributed by atoms with Crippen LogP contribution < -0.4 is 0 Å². The monoisotopic (exact) mass is 328 g/mol. The van der Waals surface area contributed by atoms with Gasteiger partial charge in [0, 0.05) is 27.0 Å². The van der Waals surface area contributed by atoms with Crippen molar-refractivity contribution < 1.29 is 0 Å². The summed E-state index contributed by atoms with van der Waals surface area (Å²) in [6, 6.07) is 7.77. The molecule has 2 heterocycles. The fourth-order valence-electron chi connectivity index (χ4n) is 1.80. The Morgan fingerprint density at radius 3 is 2.68 bits per heavy atom. The summed E-state index contributed by atoms with van der Waals surface area (Å²) in [5.41, 5.74) is 2.20. The molecule has 3 rings (SSSR count). The lowest BCUT2D eigenvalue weighted by Crippen LogP contribution is -1.99. The lowest BCUT2D eigenvalue weighted by molar-refractivity contribution is 0.974. The van der Waals surface area contributed by atoms with Crippen LogP contribution in [0.3, 0.4) is 0 Å². The summed E-state index contributed by atoms with van der Waals surface area (Å²) in [4.78, 5) is 10.1. The average molecular weight is 329 g/mol. The molecular weight excluding hydrogens is 319 g/mol. The number of hydrogen-bond acceptors (Lipinski definition) is 4. The van der Waals surface area contributed by atoms with E-state index in [1.165, 1.54) is 0 Å². The number of hydrogen-bond donors (Lipinski definition) is 0. The third-order valence-corrected chi connectivity index (χ3v) is 5.30. The first-order chi connectivity index (χ1) is 9.22. The number of thioether (sulfide) groups is 2. The van der Waals surface area contributed by atoms with Crippen LogP contribution in [0.5, 0.6) is 0 Å². The molecule has 2 nitrogen and oxygen atoms in total. The number of rotatable bonds is 3. The summed E-state index contributed by atoms with van der Waals surface area (Å²) in [5, 5.41) is 1.36. The van der Waals surface area contributed by atoms with E-state index < -0.39 is 0 Å². The van der Waals surface area contributed by atoms with Crippen molar-refractivity contribution in [2.24, 2.45) is 0 Å². The van der Waals surface area contributed by atoms with Crippen molar-refractivity contribution in [3.8, 4) is 0 Å². The van der Waals surface area contributed by atoms with E-state index in [0.29, 0.717) is 5.15 Å². The first-order valence-corrected chi connectivity index (χ1v) is 8.62. The van der Waals surface area contributed by atoms with Gasteiger partial charge in [-0.25, -0.2) is 9.97 Å². The maximum absolute atomic E-state index is 6.19. The summed E-state index contributed by atoms with van der Waals surface area (Å²) in [6.45, 7) is 0. The molecule has 1 aliphatic rings. The van der Waals surface area contributed by atoms with Gasteiger partial charge in [-0.15, -0.1) is 11.8 Å². The fourth-order valence-corrected chi connectivity index (χ4v) is 4.08. The second-order valence-corrected chi connectivity index (χ2v) is 6.92. The van der Waals surface area contributed by atoms with Gasteiger partial charge in [0.05, 0.1) is 11.4 Å². The van der Waals surface area contributed by atoms with E-state index >= 15 is 0 Å². The zero-order valence-electron chi connectivity index (χ0n) is 9.90. The Bertz CT molecular complexity index is 602. The second kappa shape index (κ2) is 5.92. The third-order valence-electron chi connectivity index (χ3n) is 2.76. The number of fused-ring (bicyclic) bond motifs is 1. The highest BCUT2D eigenvalue weighted by molar-refractivity contribution is 7.98.